The van der Waals surface area contributed by atoms with Crippen molar-refractivity contribution in [2.45, 2.75) is 162 Å². The lowest BCUT2D eigenvalue weighted by Crippen LogP contribution is -2.29. The number of hydrogen-bond acceptors (Lipinski definition) is 10. The number of nitrogens with zero attached hydrogens (tertiary/aromatic N) is 5. The number of aliphatic hydroxyl groups is 1. The molecule has 0 radical (unpaired) electrons. The Hall–Kier alpha value is -2.90. The van der Waals surface area contributed by atoms with E-state index in [4.69, 9.17) is 30.6 Å². The van der Waals surface area contributed by atoms with Crippen LogP contribution in [0.2, 0.25) is 0 Å². The fourth-order valence-electron chi connectivity index (χ4n) is 7.13. The molecule has 11 heteroatoms. The van der Waals surface area contributed by atoms with Gasteiger partial charge in [0.1, 0.15) is 11.1 Å². The summed E-state index contributed by atoms with van der Waals surface area (Å²) >= 11 is 1.21. The first-order valence-corrected chi connectivity index (χ1v) is 24.0. The van der Waals surface area contributed by atoms with Crippen LogP contribution in [0.5, 0.6) is 0 Å². The van der Waals surface area contributed by atoms with Gasteiger partial charge in [0.2, 0.25) is 5.00 Å². The highest BCUT2D eigenvalue weighted by Gasteiger charge is 2.15. The highest BCUT2D eigenvalue weighted by Crippen LogP contribution is 2.41. The normalized spacial score (nSPS) is 11.4. The van der Waals surface area contributed by atoms with E-state index in [-0.39, 0.29) is 6.61 Å². The Balaban J connectivity index is 1.68. The summed E-state index contributed by atoms with van der Waals surface area (Å²) < 4.78 is 22.3. The lowest BCUT2D eigenvalue weighted by atomic mass is 10.0. The largest absolute Gasteiger partial charge is 0.394 e. The predicted octanol–water partition coefficient (Wildman–Crippen LogP) is 13.7. The predicted molar refractivity (Wildman–Crippen MR) is 245 cm³/mol. The molecule has 1 aromatic heterocycles. The third-order valence-corrected chi connectivity index (χ3v) is 11.8. The van der Waals surface area contributed by atoms with Crippen LogP contribution in [-0.4, -0.2) is 77.7 Å². The number of thiophene rings is 1. The van der Waals surface area contributed by atoms with Crippen molar-refractivity contribution < 1.29 is 24.1 Å². The van der Waals surface area contributed by atoms with Crippen molar-refractivity contribution in [3.8, 4) is 6.07 Å². The molecule has 0 atom stereocenters. The minimum absolute atomic E-state index is 0.0217. The standard InChI is InChI=1S/C48H79N5O5S/c1-5-6-7-8-9-10-11-12-13-14-15-16-17-18-19-20-21-22-23-24-25-26-29-53(30-32-55-34-36-57-38-39-58-37-35-56-33-31-54)44-27-28-46(42(2)40-44)51-52-48-45(41-49)43(3)47(50-4)59-48/h27-28,40,54H,5-26,29-39H2,1-3H3. The van der Waals surface area contributed by atoms with E-state index >= 15 is 0 Å². The lowest BCUT2D eigenvalue weighted by Gasteiger charge is -2.25. The van der Waals surface area contributed by atoms with Gasteiger partial charge < -0.3 is 29.0 Å². The van der Waals surface area contributed by atoms with Crippen molar-refractivity contribution in [1.29, 1.82) is 5.26 Å². The number of benzene rings is 1. The molecule has 59 heavy (non-hydrogen) atoms. The Bertz CT molecular complexity index is 1440. The van der Waals surface area contributed by atoms with Crippen LogP contribution in [0.25, 0.3) is 4.85 Å². The maximum Gasteiger partial charge on any atom is 0.247 e. The van der Waals surface area contributed by atoms with Crippen LogP contribution in [0.3, 0.4) is 0 Å². The van der Waals surface area contributed by atoms with E-state index in [2.05, 4.69) is 45.1 Å². The van der Waals surface area contributed by atoms with Crippen molar-refractivity contribution >= 4 is 32.7 Å². The highest BCUT2D eigenvalue weighted by atomic mass is 32.1. The van der Waals surface area contributed by atoms with Crippen LogP contribution in [0, 0.1) is 31.8 Å². The number of hydrogen-bond donors (Lipinski definition) is 1. The maximum absolute atomic E-state index is 9.60. The number of azo groups is 1. The molecule has 2 aromatic rings. The topological polar surface area (TPSA) is 113 Å². The van der Waals surface area contributed by atoms with Gasteiger partial charge in [-0.2, -0.15) is 5.26 Å². The molecule has 1 aromatic carbocycles. The first-order valence-electron chi connectivity index (χ1n) is 23.2. The molecular weight excluding hydrogens is 759 g/mol. The van der Waals surface area contributed by atoms with Crippen molar-refractivity contribution in [3.05, 3.63) is 46.3 Å². The third-order valence-electron chi connectivity index (χ3n) is 10.7. The molecular formula is C48H79N5O5S. The fraction of sp³-hybridized carbons (Fsp3) is 0.750. The molecule has 0 spiro atoms. The number of nitriles is 1. The van der Waals surface area contributed by atoms with Gasteiger partial charge in [0.05, 0.1) is 77.3 Å². The number of anilines is 1. The van der Waals surface area contributed by atoms with Crippen LogP contribution in [0.4, 0.5) is 21.4 Å². The zero-order valence-electron chi connectivity index (χ0n) is 37.3. The number of aryl methyl sites for hydroxylation is 1. The SMILES string of the molecule is [C-]#[N+]c1sc(N=Nc2ccc(N(CCCCCCCCCCCCCCCCCCCCCCCC)CCOCCOCCOCCOCCO)cc2C)c(C#N)c1C. The molecule has 0 aliphatic rings. The Labute approximate surface area is 362 Å². The minimum atomic E-state index is 0.0217. The van der Waals surface area contributed by atoms with Gasteiger partial charge in [0, 0.05) is 18.8 Å². The quantitative estimate of drug-likeness (QED) is 0.0404. The van der Waals surface area contributed by atoms with E-state index in [0.717, 1.165) is 36.4 Å². The van der Waals surface area contributed by atoms with Crippen molar-refractivity contribution in [1.82, 2.24) is 0 Å². The van der Waals surface area contributed by atoms with Crippen LogP contribution in [-0.2, 0) is 18.9 Å². The Morgan fingerprint density at radius 3 is 1.54 bits per heavy atom. The number of unbranched alkanes of at least 4 members (excludes halogenated alkanes) is 21. The molecule has 1 N–H and O–H groups in total. The molecule has 10 nitrogen and oxygen atoms in total. The second-order valence-electron chi connectivity index (χ2n) is 15.7. The van der Waals surface area contributed by atoms with Gasteiger partial charge in [-0.15, -0.1) is 21.6 Å². The summed E-state index contributed by atoms with van der Waals surface area (Å²) in [6, 6.07) is 8.40. The van der Waals surface area contributed by atoms with Gasteiger partial charge >= 0.3 is 0 Å². The van der Waals surface area contributed by atoms with E-state index in [1.807, 2.05) is 13.0 Å². The van der Waals surface area contributed by atoms with Crippen molar-refractivity contribution in [3.63, 3.8) is 0 Å². The smallest absolute Gasteiger partial charge is 0.247 e. The summed E-state index contributed by atoms with van der Waals surface area (Å²) in [5.74, 6) is 0. The van der Waals surface area contributed by atoms with E-state index in [9.17, 15) is 5.26 Å². The molecule has 332 valence electrons. The molecule has 0 unspecified atom stereocenters. The number of aliphatic hydroxyl groups excluding tert-OH is 1. The Morgan fingerprint density at radius 2 is 1.10 bits per heavy atom. The van der Waals surface area contributed by atoms with Gasteiger partial charge in [-0.05, 0) is 49.6 Å². The summed E-state index contributed by atoms with van der Waals surface area (Å²) in [5.41, 5.74) is 3.96. The van der Waals surface area contributed by atoms with Crippen LogP contribution < -0.4 is 4.90 Å². The van der Waals surface area contributed by atoms with E-state index in [1.54, 1.807) is 6.92 Å². The van der Waals surface area contributed by atoms with Crippen LogP contribution >= 0.6 is 11.3 Å². The van der Waals surface area contributed by atoms with Crippen LogP contribution in [0.1, 0.15) is 165 Å². The summed E-state index contributed by atoms with van der Waals surface area (Å²) in [6.45, 7) is 19.2. The fourth-order valence-corrected chi connectivity index (χ4v) is 7.99. The second-order valence-corrected chi connectivity index (χ2v) is 16.7. The molecule has 0 bridgehead atoms. The molecule has 0 saturated carbocycles. The average molecular weight is 838 g/mol. The minimum Gasteiger partial charge on any atom is -0.394 e. The van der Waals surface area contributed by atoms with E-state index in [1.165, 1.54) is 146 Å². The molecule has 0 aliphatic heterocycles. The van der Waals surface area contributed by atoms with Gasteiger partial charge in [-0.3, -0.25) is 0 Å². The Morgan fingerprint density at radius 1 is 0.644 bits per heavy atom. The number of rotatable bonds is 40. The molecule has 0 amide bonds. The maximum atomic E-state index is 9.60. The molecule has 2 rings (SSSR count). The van der Waals surface area contributed by atoms with E-state index < -0.39 is 0 Å². The van der Waals surface area contributed by atoms with Gasteiger partial charge in [0.15, 0.2) is 0 Å². The average Bonchev–Trinajstić information content (AvgIpc) is 3.56. The van der Waals surface area contributed by atoms with Gasteiger partial charge in [0.25, 0.3) is 0 Å². The van der Waals surface area contributed by atoms with Gasteiger partial charge in [-0.25, -0.2) is 4.85 Å². The summed E-state index contributed by atoms with van der Waals surface area (Å²) in [6.07, 6.45) is 30.4. The first-order chi connectivity index (χ1) is 29.0. The zero-order chi connectivity index (χ0) is 42.4. The van der Waals surface area contributed by atoms with Gasteiger partial charge in [-0.1, -0.05) is 142 Å². The molecule has 0 aliphatic carbocycles. The molecule has 1 heterocycles. The van der Waals surface area contributed by atoms with Crippen LogP contribution in [0.15, 0.2) is 28.4 Å². The van der Waals surface area contributed by atoms with Crippen molar-refractivity contribution in [2.75, 3.05) is 77.5 Å². The highest BCUT2D eigenvalue weighted by molar-refractivity contribution is 7.20. The summed E-state index contributed by atoms with van der Waals surface area (Å²) in [7, 11) is 0. The van der Waals surface area contributed by atoms with Crippen molar-refractivity contribution in [2.24, 2.45) is 10.2 Å². The summed E-state index contributed by atoms with van der Waals surface area (Å²) in [4.78, 5) is 5.93. The third kappa shape index (κ3) is 25.5. The molecule has 0 fully saturated rings. The van der Waals surface area contributed by atoms with E-state index in [0.29, 0.717) is 74.0 Å². The monoisotopic (exact) mass is 838 g/mol. The first kappa shape index (κ1) is 52.2. The summed E-state index contributed by atoms with van der Waals surface area (Å²) in [5, 5.41) is 28.1. The number of ether oxygens (including phenoxy) is 4. The zero-order valence-corrected chi connectivity index (χ0v) is 38.1. The molecule has 0 saturated heterocycles. The lowest BCUT2D eigenvalue weighted by molar-refractivity contribution is -0.00489. The second kappa shape index (κ2) is 36.9. The Kier molecular flexibility index (Phi) is 32.7.